The summed E-state index contributed by atoms with van der Waals surface area (Å²) in [4.78, 5) is 6.93. The van der Waals surface area contributed by atoms with E-state index in [1.54, 1.807) is 0 Å². The van der Waals surface area contributed by atoms with Crippen molar-refractivity contribution in [2.45, 2.75) is 46.3 Å². The lowest BCUT2D eigenvalue weighted by Crippen LogP contribution is -2.45. The molecular formula is C21H36N4O2. The number of aryl methyl sites for hydroxylation is 1. The van der Waals surface area contributed by atoms with E-state index >= 15 is 0 Å². The molecule has 1 aromatic carbocycles. The molecule has 27 heavy (non-hydrogen) atoms. The largest absolute Gasteiger partial charge is 0.389 e. The average Bonchev–Trinajstić information content (AvgIpc) is 3.08. The van der Waals surface area contributed by atoms with Crippen molar-refractivity contribution in [3.8, 4) is 0 Å². The van der Waals surface area contributed by atoms with Crippen molar-refractivity contribution in [1.82, 2.24) is 10.6 Å². The van der Waals surface area contributed by atoms with Crippen LogP contribution in [-0.4, -0.2) is 62.6 Å². The maximum Gasteiger partial charge on any atom is 0.191 e. The quantitative estimate of drug-likeness (QED) is 0.455. The van der Waals surface area contributed by atoms with Crippen LogP contribution in [0.15, 0.2) is 29.3 Å². The molecule has 6 heteroatoms. The van der Waals surface area contributed by atoms with Crippen molar-refractivity contribution in [3.63, 3.8) is 0 Å². The number of hydrogen-bond donors (Lipinski definition) is 3. The second kappa shape index (κ2) is 11.1. The monoisotopic (exact) mass is 376 g/mol. The summed E-state index contributed by atoms with van der Waals surface area (Å²) in [7, 11) is 0. The molecule has 0 amide bonds. The Morgan fingerprint density at radius 3 is 2.70 bits per heavy atom. The first-order valence-corrected chi connectivity index (χ1v) is 10.1. The van der Waals surface area contributed by atoms with Gasteiger partial charge in [-0.1, -0.05) is 31.5 Å². The molecule has 152 valence electrons. The second-order valence-corrected chi connectivity index (χ2v) is 7.72. The van der Waals surface area contributed by atoms with Crippen molar-refractivity contribution in [2.24, 2.45) is 10.9 Å². The van der Waals surface area contributed by atoms with Crippen LogP contribution >= 0.6 is 0 Å². The number of aliphatic hydroxyl groups excluding tert-OH is 1. The van der Waals surface area contributed by atoms with Gasteiger partial charge in [-0.15, -0.1) is 0 Å². The van der Waals surface area contributed by atoms with Gasteiger partial charge in [-0.3, -0.25) is 4.99 Å². The van der Waals surface area contributed by atoms with Crippen LogP contribution in [0.4, 0.5) is 5.69 Å². The maximum absolute atomic E-state index is 10.1. The van der Waals surface area contributed by atoms with E-state index in [0.29, 0.717) is 31.7 Å². The molecule has 1 aliphatic rings. The molecule has 1 saturated heterocycles. The van der Waals surface area contributed by atoms with Crippen LogP contribution in [0.25, 0.3) is 0 Å². The fourth-order valence-electron chi connectivity index (χ4n) is 3.07. The molecule has 0 bridgehead atoms. The Bertz CT molecular complexity index is 574. The van der Waals surface area contributed by atoms with E-state index in [-0.39, 0.29) is 0 Å². The third-order valence-electron chi connectivity index (χ3n) is 4.49. The van der Waals surface area contributed by atoms with Gasteiger partial charge in [-0.05, 0) is 38.3 Å². The fourth-order valence-corrected chi connectivity index (χ4v) is 3.07. The summed E-state index contributed by atoms with van der Waals surface area (Å²) in [5.41, 5.74) is 2.55. The van der Waals surface area contributed by atoms with Gasteiger partial charge in [0.05, 0.1) is 19.3 Å². The van der Waals surface area contributed by atoms with E-state index in [1.807, 2.05) is 6.92 Å². The topological polar surface area (TPSA) is 69.1 Å². The Kier molecular flexibility index (Phi) is 8.88. The number of rotatable bonds is 9. The van der Waals surface area contributed by atoms with E-state index in [2.05, 4.69) is 65.6 Å². The highest BCUT2D eigenvalue weighted by Crippen LogP contribution is 2.20. The summed E-state index contributed by atoms with van der Waals surface area (Å²) in [5, 5.41) is 16.8. The molecule has 3 N–H and O–H groups in total. The number of anilines is 1. The van der Waals surface area contributed by atoms with Crippen molar-refractivity contribution in [1.29, 1.82) is 0 Å². The third kappa shape index (κ3) is 7.77. The lowest BCUT2D eigenvalue weighted by molar-refractivity contribution is 0.0301. The molecule has 0 spiro atoms. The van der Waals surface area contributed by atoms with Crippen LogP contribution in [-0.2, 0) is 4.74 Å². The Balaban J connectivity index is 1.81. The lowest BCUT2D eigenvalue weighted by atomic mass is 10.2. The van der Waals surface area contributed by atoms with Crippen molar-refractivity contribution in [3.05, 3.63) is 29.8 Å². The molecule has 0 radical (unpaired) electrons. The number of benzene rings is 1. The van der Waals surface area contributed by atoms with Crippen LogP contribution < -0.4 is 15.5 Å². The predicted octanol–water partition coefficient (Wildman–Crippen LogP) is 2.16. The molecule has 0 saturated carbocycles. The average molecular weight is 377 g/mol. The number of aliphatic imine (C=N–C) groups is 1. The maximum atomic E-state index is 10.1. The minimum atomic E-state index is -0.577. The molecule has 2 atom stereocenters. The minimum Gasteiger partial charge on any atom is -0.389 e. The zero-order chi connectivity index (χ0) is 19.6. The van der Waals surface area contributed by atoms with Gasteiger partial charge in [0, 0.05) is 38.0 Å². The normalized spacial score (nSPS) is 18.8. The molecule has 0 aliphatic carbocycles. The summed E-state index contributed by atoms with van der Waals surface area (Å²) in [6.45, 7) is 12.5. The molecule has 1 fully saturated rings. The van der Waals surface area contributed by atoms with E-state index in [4.69, 9.17) is 4.74 Å². The highest BCUT2D eigenvalue weighted by atomic mass is 16.5. The molecule has 1 heterocycles. The predicted molar refractivity (Wildman–Crippen MR) is 113 cm³/mol. The Hall–Kier alpha value is -1.79. The van der Waals surface area contributed by atoms with Gasteiger partial charge < -0.3 is 25.4 Å². The fraction of sp³-hybridized carbons (Fsp3) is 0.667. The summed E-state index contributed by atoms with van der Waals surface area (Å²) in [6, 6.07) is 9.03. The van der Waals surface area contributed by atoms with Crippen LogP contribution in [0, 0.1) is 12.8 Å². The molecule has 2 rings (SSSR count). The molecule has 1 aliphatic heterocycles. The van der Waals surface area contributed by atoms with E-state index in [1.165, 1.54) is 11.3 Å². The number of hydrogen-bond acceptors (Lipinski definition) is 4. The highest BCUT2D eigenvalue weighted by molar-refractivity contribution is 5.80. The summed E-state index contributed by atoms with van der Waals surface area (Å²) >= 11 is 0. The van der Waals surface area contributed by atoms with Crippen LogP contribution in [0.5, 0.6) is 0 Å². The molecule has 6 nitrogen and oxygen atoms in total. The van der Waals surface area contributed by atoms with Crippen LogP contribution in [0.3, 0.4) is 0 Å². The minimum absolute atomic E-state index is 0.325. The van der Waals surface area contributed by atoms with Gasteiger partial charge in [0.1, 0.15) is 0 Å². The second-order valence-electron chi connectivity index (χ2n) is 7.72. The Labute approximate surface area is 164 Å². The van der Waals surface area contributed by atoms with E-state index < -0.39 is 6.10 Å². The summed E-state index contributed by atoms with van der Waals surface area (Å²) < 4.78 is 5.49. The summed E-state index contributed by atoms with van der Waals surface area (Å²) in [5.74, 6) is 1.23. The SMILES string of the molecule is CCNC(=NCC(O)COCC(C)C)NC1CCN(c2ccc(C)cc2)C1. The van der Waals surface area contributed by atoms with Gasteiger partial charge in [-0.25, -0.2) is 0 Å². The van der Waals surface area contributed by atoms with Crippen molar-refractivity contribution >= 4 is 11.6 Å². The van der Waals surface area contributed by atoms with Crippen molar-refractivity contribution in [2.75, 3.05) is 44.3 Å². The summed E-state index contributed by atoms with van der Waals surface area (Å²) in [6.07, 6.45) is 0.491. The number of aliphatic hydroxyl groups is 1. The Morgan fingerprint density at radius 1 is 1.30 bits per heavy atom. The van der Waals surface area contributed by atoms with E-state index in [9.17, 15) is 5.11 Å². The number of nitrogens with one attached hydrogen (secondary N) is 2. The number of ether oxygens (including phenoxy) is 1. The van der Waals surface area contributed by atoms with Crippen LogP contribution in [0.2, 0.25) is 0 Å². The van der Waals surface area contributed by atoms with Gasteiger partial charge in [0.15, 0.2) is 5.96 Å². The first-order valence-electron chi connectivity index (χ1n) is 10.1. The smallest absolute Gasteiger partial charge is 0.191 e. The zero-order valence-electron chi connectivity index (χ0n) is 17.2. The Morgan fingerprint density at radius 2 is 2.04 bits per heavy atom. The van der Waals surface area contributed by atoms with Crippen LogP contribution in [0.1, 0.15) is 32.8 Å². The molecule has 0 aromatic heterocycles. The highest BCUT2D eigenvalue weighted by Gasteiger charge is 2.23. The van der Waals surface area contributed by atoms with Gasteiger partial charge >= 0.3 is 0 Å². The first kappa shape index (κ1) is 21.5. The van der Waals surface area contributed by atoms with Gasteiger partial charge in [0.25, 0.3) is 0 Å². The third-order valence-corrected chi connectivity index (χ3v) is 4.49. The standard InChI is InChI=1S/C21H36N4O2/c1-5-22-21(23-12-20(26)15-27-14-16(2)3)24-18-10-11-25(13-18)19-8-6-17(4)7-9-19/h6-9,16,18,20,26H,5,10-15H2,1-4H3,(H2,22,23,24). The van der Waals surface area contributed by atoms with Crippen molar-refractivity contribution < 1.29 is 9.84 Å². The van der Waals surface area contributed by atoms with E-state index in [0.717, 1.165) is 32.0 Å². The zero-order valence-corrected chi connectivity index (χ0v) is 17.2. The molecular weight excluding hydrogens is 340 g/mol. The lowest BCUT2D eigenvalue weighted by Gasteiger charge is -2.21. The number of nitrogens with zero attached hydrogens (tertiary/aromatic N) is 2. The van der Waals surface area contributed by atoms with Gasteiger partial charge in [-0.2, -0.15) is 0 Å². The molecule has 1 aromatic rings. The number of guanidine groups is 1. The molecule has 2 unspecified atom stereocenters. The first-order chi connectivity index (χ1) is 13.0. The van der Waals surface area contributed by atoms with Gasteiger partial charge in [0.2, 0.25) is 0 Å².